The largest absolute Gasteiger partial charge is 0.484 e. The summed E-state index contributed by atoms with van der Waals surface area (Å²) >= 11 is 0. The molecule has 0 aliphatic rings. The second-order valence-electron chi connectivity index (χ2n) is 4.47. The molecular weight excluding hydrogens is 257 g/mol. The van der Waals surface area contributed by atoms with E-state index in [0.29, 0.717) is 11.3 Å². The highest BCUT2D eigenvalue weighted by atomic mass is 19.1. The predicted octanol–water partition coefficient (Wildman–Crippen LogP) is 2.83. The van der Waals surface area contributed by atoms with Gasteiger partial charge in [0.1, 0.15) is 11.6 Å². The van der Waals surface area contributed by atoms with Gasteiger partial charge in [-0.15, -0.1) is 0 Å². The highest BCUT2D eigenvalue weighted by molar-refractivity contribution is 5.77. The number of hydrogen-bond acceptors (Lipinski definition) is 2. The molecule has 0 bridgehead atoms. The third-order valence-corrected chi connectivity index (χ3v) is 2.79. The maximum absolute atomic E-state index is 13.4. The fraction of sp³-hybridized carbons (Fsp3) is 0.188. The number of nitrogens with one attached hydrogen (secondary N) is 1. The third kappa shape index (κ3) is 4.09. The van der Waals surface area contributed by atoms with Gasteiger partial charge in [0, 0.05) is 12.1 Å². The molecule has 0 atom stereocenters. The summed E-state index contributed by atoms with van der Waals surface area (Å²) in [6, 6.07) is 13.8. The van der Waals surface area contributed by atoms with E-state index in [1.165, 1.54) is 6.07 Å². The number of benzene rings is 2. The van der Waals surface area contributed by atoms with Crippen LogP contribution in [0.1, 0.15) is 11.1 Å². The molecule has 0 radical (unpaired) electrons. The van der Waals surface area contributed by atoms with Gasteiger partial charge in [0.25, 0.3) is 5.91 Å². The number of carbonyl (C=O) groups is 1. The Kier molecular flexibility index (Phi) is 4.71. The number of rotatable bonds is 5. The SMILES string of the molecule is Cc1cccc(OCC(=O)NCc2ccccc2F)c1. The third-order valence-electron chi connectivity index (χ3n) is 2.79. The molecule has 0 spiro atoms. The Bertz CT molecular complexity index is 599. The van der Waals surface area contributed by atoms with E-state index in [0.717, 1.165) is 5.56 Å². The minimum Gasteiger partial charge on any atom is -0.484 e. The van der Waals surface area contributed by atoms with Gasteiger partial charge >= 0.3 is 0 Å². The number of halogens is 1. The Hall–Kier alpha value is -2.36. The molecule has 104 valence electrons. The van der Waals surface area contributed by atoms with Crippen molar-refractivity contribution in [2.24, 2.45) is 0 Å². The summed E-state index contributed by atoms with van der Waals surface area (Å²) in [5.74, 6) is 0.0354. The standard InChI is InChI=1S/C16H16FNO2/c1-12-5-4-7-14(9-12)20-11-16(19)18-10-13-6-2-3-8-15(13)17/h2-9H,10-11H2,1H3,(H,18,19). The first-order valence-electron chi connectivity index (χ1n) is 6.35. The fourth-order valence-electron chi connectivity index (χ4n) is 1.74. The lowest BCUT2D eigenvalue weighted by Gasteiger charge is -2.08. The van der Waals surface area contributed by atoms with E-state index >= 15 is 0 Å². The van der Waals surface area contributed by atoms with Crippen LogP contribution in [0, 0.1) is 12.7 Å². The van der Waals surface area contributed by atoms with Crippen LogP contribution < -0.4 is 10.1 Å². The molecule has 0 unspecified atom stereocenters. The monoisotopic (exact) mass is 273 g/mol. The molecule has 1 N–H and O–H groups in total. The summed E-state index contributed by atoms with van der Waals surface area (Å²) in [5, 5.41) is 2.62. The Balaban J connectivity index is 1.80. The molecule has 0 fully saturated rings. The molecule has 0 aromatic heterocycles. The van der Waals surface area contributed by atoms with E-state index in [-0.39, 0.29) is 24.9 Å². The summed E-state index contributed by atoms with van der Waals surface area (Å²) in [7, 11) is 0. The molecule has 0 saturated heterocycles. The van der Waals surface area contributed by atoms with Crippen LogP contribution in [0.5, 0.6) is 5.75 Å². The lowest BCUT2D eigenvalue weighted by atomic mass is 10.2. The van der Waals surface area contributed by atoms with Gasteiger partial charge in [0.2, 0.25) is 0 Å². The summed E-state index contributed by atoms with van der Waals surface area (Å²) < 4.78 is 18.7. The Morgan fingerprint density at radius 2 is 2.00 bits per heavy atom. The first kappa shape index (κ1) is 14.1. The molecular formula is C16H16FNO2. The molecule has 4 heteroatoms. The van der Waals surface area contributed by atoms with Crippen molar-refractivity contribution in [3.63, 3.8) is 0 Å². The lowest BCUT2D eigenvalue weighted by Crippen LogP contribution is -2.28. The Morgan fingerprint density at radius 3 is 2.75 bits per heavy atom. The minimum atomic E-state index is -0.326. The first-order valence-corrected chi connectivity index (χ1v) is 6.35. The van der Waals surface area contributed by atoms with Crippen LogP contribution in [0.3, 0.4) is 0 Å². The lowest BCUT2D eigenvalue weighted by molar-refractivity contribution is -0.123. The molecule has 0 aliphatic heterocycles. The quantitative estimate of drug-likeness (QED) is 0.909. The summed E-state index contributed by atoms with van der Waals surface area (Å²) in [6.07, 6.45) is 0. The van der Waals surface area contributed by atoms with E-state index in [1.54, 1.807) is 24.3 Å². The number of aryl methyl sites for hydroxylation is 1. The average molecular weight is 273 g/mol. The maximum Gasteiger partial charge on any atom is 0.258 e. The highest BCUT2D eigenvalue weighted by Crippen LogP contribution is 2.12. The van der Waals surface area contributed by atoms with Gasteiger partial charge in [0.15, 0.2) is 6.61 Å². The molecule has 0 heterocycles. The number of hydrogen-bond donors (Lipinski definition) is 1. The van der Waals surface area contributed by atoms with Crippen LogP contribution in [0.15, 0.2) is 48.5 Å². The Morgan fingerprint density at radius 1 is 1.20 bits per heavy atom. The smallest absolute Gasteiger partial charge is 0.258 e. The van der Waals surface area contributed by atoms with Crippen LogP contribution in [0.4, 0.5) is 4.39 Å². The molecule has 0 saturated carbocycles. The van der Waals surface area contributed by atoms with E-state index in [4.69, 9.17) is 4.74 Å². The summed E-state index contributed by atoms with van der Waals surface area (Å²) in [6.45, 7) is 2.02. The zero-order valence-corrected chi connectivity index (χ0v) is 11.2. The average Bonchev–Trinajstić information content (AvgIpc) is 2.44. The van der Waals surface area contributed by atoms with Gasteiger partial charge in [-0.3, -0.25) is 4.79 Å². The van der Waals surface area contributed by atoms with Crippen molar-refractivity contribution in [1.29, 1.82) is 0 Å². The molecule has 1 amide bonds. The van der Waals surface area contributed by atoms with Crippen LogP contribution in [-0.2, 0) is 11.3 Å². The summed E-state index contributed by atoms with van der Waals surface area (Å²) in [5.41, 5.74) is 1.52. The fourth-order valence-corrected chi connectivity index (χ4v) is 1.74. The van der Waals surface area contributed by atoms with E-state index in [9.17, 15) is 9.18 Å². The van der Waals surface area contributed by atoms with Crippen molar-refractivity contribution in [3.05, 3.63) is 65.5 Å². The van der Waals surface area contributed by atoms with Gasteiger partial charge in [-0.2, -0.15) is 0 Å². The number of carbonyl (C=O) groups excluding carboxylic acids is 1. The first-order chi connectivity index (χ1) is 9.65. The van der Waals surface area contributed by atoms with Crippen LogP contribution in [0.25, 0.3) is 0 Å². The molecule has 2 aromatic carbocycles. The van der Waals surface area contributed by atoms with Crippen molar-refractivity contribution >= 4 is 5.91 Å². The van der Waals surface area contributed by atoms with Crippen LogP contribution >= 0.6 is 0 Å². The van der Waals surface area contributed by atoms with Crippen molar-refractivity contribution in [1.82, 2.24) is 5.32 Å². The van der Waals surface area contributed by atoms with Crippen LogP contribution in [0.2, 0.25) is 0 Å². The highest BCUT2D eigenvalue weighted by Gasteiger charge is 2.05. The van der Waals surface area contributed by atoms with Crippen molar-refractivity contribution in [2.75, 3.05) is 6.61 Å². The predicted molar refractivity (Wildman–Crippen MR) is 74.9 cm³/mol. The van der Waals surface area contributed by atoms with E-state index < -0.39 is 0 Å². The summed E-state index contributed by atoms with van der Waals surface area (Å²) in [4.78, 5) is 11.6. The molecule has 0 aliphatic carbocycles. The van der Waals surface area contributed by atoms with Crippen molar-refractivity contribution < 1.29 is 13.9 Å². The van der Waals surface area contributed by atoms with E-state index in [1.807, 2.05) is 25.1 Å². The molecule has 3 nitrogen and oxygen atoms in total. The maximum atomic E-state index is 13.4. The molecule has 2 aromatic rings. The number of ether oxygens (including phenoxy) is 1. The van der Waals surface area contributed by atoms with Crippen molar-refractivity contribution in [3.8, 4) is 5.75 Å². The van der Waals surface area contributed by atoms with Gasteiger partial charge in [0.05, 0.1) is 0 Å². The molecule has 2 rings (SSSR count). The number of amides is 1. The zero-order chi connectivity index (χ0) is 14.4. The van der Waals surface area contributed by atoms with Gasteiger partial charge in [-0.05, 0) is 30.7 Å². The normalized spacial score (nSPS) is 10.1. The topological polar surface area (TPSA) is 38.3 Å². The second kappa shape index (κ2) is 6.70. The van der Waals surface area contributed by atoms with Gasteiger partial charge < -0.3 is 10.1 Å². The van der Waals surface area contributed by atoms with Crippen LogP contribution in [-0.4, -0.2) is 12.5 Å². The second-order valence-corrected chi connectivity index (χ2v) is 4.47. The van der Waals surface area contributed by atoms with Crippen molar-refractivity contribution in [2.45, 2.75) is 13.5 Å². The minimum absolute atomic E-state index is 0.0854. The zero-order valence-electron chi connectivity index (χ0n) is 11.2. The van der Waals surface area contributed by atoms with Gasteiger partial charge in [-0.1, -0.05) is 30.3 Å². The Labute approximate surface area is 117 Å². The van der Waals surface area contributed by atoms with Gasteiger partial charge in [-0.25, -0.2) is 4.39 Å². The molecule has 20 heavy (non-hydrogen) atoms. The van der Waals surface area contributed by atoms with E-state index in [2.05, 4.69) is 5.32 Å².